The molecular formula is C28H30BrN5O8S2. The summed E-state index contributed by atoms with van der Waals surface area (Å²) >= 11 is 3.26. The Bertz CT molecular complexity index is 1850. The van der Waals surface area contributed by atoms with E-state index in [0.29, 0.717) is 21.5 Å². The number of sulfone groups is 1. The maximum atomic E-state index is 13.8. The van der Waals surface area contributed by atoms with Crippen LogP contribution in [0.15, 0.2) is 75.6 Å². The first-order chi connectivity index (χ1) is 20.7. The molecule has 0 amide bonds. The summed E-state index contributed by atoms with van der Waals surface area (Å²) < 4.78 is 78.1. The zero-order valence-corrected chi connectivity index (χ0v) is 27.7. The Morgan fingerprint density at radius 2 is 1.52 bits per heavy atom. The van der Waals surface area contributed by atoms with Gasteiger partial charge in [0.05, 0.1) is 11.6 Å². The topological polar surface area (TPSA) is 169 Å². The number of methoxy groups -OCH3 is 1. The number of para-hydroxylation sites is 2. The molecule has 0 spiro atoms. The first-order valence-electron chi connectivity index (χ1n) is 13.0. The summed E-state index contributed by atoms with van der Waals surface area (Å²) in [5.41, 5.74) is 0.111. The number of aromatic nitrogens is 4. The highest BCUT2D eigenvalue weighted by Gasteiger charge is 2.31. The predicted molar refractivity (Wildman–Crippen MR) is 165 cm³/mol. The molecule has 1 N–H and O–H groups in total. The number of nitrogens with zero attached hydrogens (tertiary/aromatic N) is 4. The molecule has 0 aliphatic rings. The number of hydrogen-bond donors (Lipinski definition) is 1. The van der Waals surface area contributed by atoms with Crippen LogP contribution >= 0.6 is 15.9 Å². The van der Waals surface area contributed by atoms with Gasteiger partial charge in [-0.15, -0.1) is 0 Å². The van der Waals surface area contributed by atoms with E-state index in [-0.39, 0.29) is 41.4 Å². The van der Waals surface area contributed by atoms with Gasteiger partial charge >= 0.3 is 6.01 Å². The fourth-order valence-electron chi connectivity index (χ4n) is 3.82. The summed E-state index contributed by atoms with van der Waals surface area (Å²) in [6.07, 6.45) is 5.10. The fourth-order valence-corrected chi connectivity index (χ4v) is 5.68. The van der Waals surface area contributed by atoms with Crippen molar-refractivity contribution in [1.82, 2.24) is 19.9 Å². The van der Waals surface area contributed by atoms with E-state index in [0.717, 1.165) is 12.5 Å². The number of hydrogen-bond acceptors (Lipinski definition) is 12. The van der Waals surface area contributed by atoms with Crippen molar-refractivity contribution in [2.75, 3.05) is 31.3 Å². The number of anilines is 1. The summed E-state index contributed by atoms with van der Waals surface area (Å²) in [5, 5.41) is -0.537. The molecule has 0 unspecified atom stereocenters. The Labute approximate surface area is 264 Å². The molecule has 0 radical (unpaired) electrons. The minimum atomic E-state index is -4.44. The minimum Gasteiger partial charge on any atom is -0.493 e. The first kappa shape index (κ1) is 32.9. The van der Waals surface area contributed by atoms with Crippen molar-refractivity contribution in [2.24, 2.45) is 0 Å². The van der Waals surface area contributed by atoms with Gasteiger partial charge in [-0.2, -0.15) is 0 Å². The van der Waals surface area contributed by atoms with Gasteiger partial charge in [-0.3, -0.25) is 4.72 Å². The van der Waals surface area contributed by atoms with E-state index in [1.807, 2.05) is 20.8 Å². The van der Waals surface area contributed by atoms with Crippen LogP contribution in [0, 0.1) is 0 Å². The lowest BCUT2D eigenvalue weighted by Crippen LogP contribution is -2.20. The fraction of sp³-hybridized carbons (Fsp3) is 0.286. The van der Waals surface area contributed by atoms with E-state index in [2.05, 4.69) is 40.6 Å². The van der Waals surface area contributed by atoms with E-state index >= 15 is 0 Å². The third-order valence-corrected chi connectivity index (χ3v) is 8.46. The predicted octanol–water partition coefficient (Wildman–Crippen LogP) is 4.79. The first-order valence-corrected chi connectivity index (χ1v) is 17.1. The van der Waals surface area contributed by atoms with E-state index < -0.39 is 30.4 Å². The minimum absolute atomic E-state index is 0.0357. The molecule has 2 aromatic heterocycles. The average molecular weight is 709 g/mol. The van der Waals surface area contributed by atoms with Gasteiger partial charge in [0.2, 0.25) is 15.0 Å². The Kier molecular flexibility index (Phi) is 9.95. The molecule has 4 rings (SSSR count). The van der Waals surface area contributed by atoms with E-state index in [9.17, 15) is 16.8 Å². The number of benzene rings is 2. The molecule has 0 aliphatic heterocycles. The molecule has 2 heterocycles. The lowest BCUT2D eigenvalue weighted by atomic mass is 9.86. The number of sulfonamides is 1. The van der Waals surface area contributed by atoms with Gasteiger partial charge in [0, 0.05) is 30.4 Å². The number of nitrogens with one attached hydrogen (secondary N) is 1. The quantitative estimate of drug-likeness (QED) is 0.158. The van der Waals surface area contributed by atoms with Crippen LogP contribution in [-0.4, -0.2) is 63.4 Å². The van der Waals surface area contributed by atoms with E-state index in [1.54, 1.807) is 30.3 Å². The van der Waals surface area contributed by atoms with Crippen LogP contribution in [-0.2, 0) is 25.3 Å². The Morgan fingerprint density at radius 1 is 0.864 bits per heavy atom. The molecule has 0 atom stereocenters. The molecule has 0 saturated heterocycles. The van der Waals surface area contributed by atoms with Gasteiger partial charge in [0.25, 0.3) is 10.0 Å². The maximum absolute atomic E-state index is 13.8. The monoisotopic (exact) mass is 707 g/mol. The third kappa shape index (κ3) is 8.12. The molecule has 0 fully saturated rings. The highest BCUT2D eigenvalue weighted by Crippen LogP contribution is 2.46. The number of rotatable bonds is 12. The van der Waals surface area contributed by atoms with Crippen molar-refractivity contribution in [3.05, 3.63) is 71.1 Å². The largest absolute Gasteiger partial charge is 0.493 e. The van der Waals surface area contributed by atoms with Crippen molar-refractivity contribution in [2.45, 2.75) is 36.2 Å². The van der Waals surface area contributed by atoms with Crippen LogP contribution in [0.1, 0.15) is 26.3 Å². The summed E-state index contributed by atoms with van der Waals surface area (Å²) in [4.78, 5) is 15.4. The molecular weight excluding hydrogens is 678 g/mol. The van der Waals surface area contributed by atoms with Gasteiger partial charge in [-0.25, -0.2) is 36.8 Å². The Balaban J connectivity index is 1.80. The molecule has 16 heteroatoms. The van der Waals surface area contributed by atoms with Crippen molar-refractivity contribution >= 4 is 41.6 Å². The second-order valence-electron chi connectivity index (χ2n) is 10.3. The smallest absolute Gasteiger partial charge is 0.316 e. The molecule has 234 valence electrons. The van der Waals surface area contributed by atoms with Crippen LogP contribution < -0.4 is 23.7 Å². The molecule has 44 heavy (non-hydrogen) atoms. The van der Waals surface area contributed by atoms with Crippen LogP contribution in [0.3, 0.4) is 0 Å². The van der Waals surface area contributed by atoms with Crippen LogP contribution in [0.4, 0.5) is 5.82 Å². The van der Waals surface area contributed by atoms with Gasteiger partial charge in [-0.05, 0) is 45.6 Å². The van der Waals surface area contributed by atoms with Crippen LogP contribution in [0.5, 0.6) is 29.0 Å². The zero-order valence-electron chi connectivity index (χ0n) is 24.4. The normalized spacial score (nSPS) is 12.0. The lowest BCUT2D eigenvalue weighted by molar-refractivity contribution is 0.198. The molecule has 0 saturated carbocycles. The van der Waals surface area contributed by atoms with Gasteiger partial charge < -0.3 is 18.9 Å². The van der Waals surface area contributed by atoms with Crippen LogP contribution in [0.25, 0.3) is 0 Å². The lowest BCUT2D eigenvalue weighted by Gasteiger charge is -2.26. The summed E-state index contributed by atoms with van der Waals surface area (Å²) in [6, 6.07) is 11.2. The number of ether oxygens (including phenoxy) is 4. The highest BCUT2D eigenvalue weighted by molar-refractivity contribution is 9.10. The summed E-state index contributed by atoms with van der Waals surface area (Å²) in [7, 11) is -6.75. The van der Waals surface area contributed by atoms with Crippen molar-refractivity contribution in [1.29, 1.82) is 0 Å². The standard InChI is InChI=1S/C28H30BrN5O8S2/c1-28(2,3)19-10-11-22(44(37,38)34-23-12-13-30-27(33-23)43(5,35)36)25(24(19)42-21-9-7-6-8-20(21)39-4)40-14-15-41-26-31-16-18(29)17-32-26/h6-13,16-17H,14-15H2,1-5H3,(H,30,33,34). The second kappa shape index (κ2) is 13.3. The zero-order chi connectivity index (χ0) is 32.1. The van der Waals surface area contributed by atoms with E-state index in [4.69, 9.17) is 18.9 Å². The SMILES string of the molecule is COc1ccccc1Oc1c(C(C)(C)C)ccc(S(=O)(=O)Nc2ccnc(S(C)(=O)=O)n2)c1OCCOc1ncc(Br)cn1. The van der Waals surface area contributed by atoms with Crippen molar-refractivity contribution < 1.29 is 35.8 Å². The molecule has 0 bridgehead atoms. The van der Waals surface area contributed by atoms with Crippen molar-refractivity contribution in [3.8, 4) is 29.0 Å². The Hall–Kier alpha value is -4.02. The van der Waals surface area contributed by atoms with Crippen LogP contribution in [0.2, 0.25) is 0 Å². The summed E-state index contributed by atoms with van der Waals surface area (Å²) in [5.74, 6) is 0.489. The number of halogens is 1. The summed E-state index contributed by atoms with van der Waals surface area (Å²) in [6.45, 7) is 5.66. The van der Waals surface area contributed by atoms with Gasteiger partial charge in [-0.1, -0.05) is 39.0 Å². The van der Waals surface area contributed by atoms with E-state index in [1.165, 1.54) is 31.6 Å². The van der Waals surface area contributed by atoms with Crippen molar-refractivity contribution in [3.63, 3.8) is 0 Å². The van der Waals surface area contributed by atoms with Gasteiger partial charge in [0.15, 0.2) is 23.0 Å². The maximum Gasteiger partial charge on any atom is 0.316 e. The molecule has 13 nitrogen and oxygen atoms in total. The Morgan fingerprint density at radius 3 is 2.16 bits per heavy atom. The molecule has 4 aromatic rings. The molecule has 2 aromatic carbocycles. The second-order valence-corrected chi connectivity index (χ2v) is 14.7. The van der Waals surface area contributed by atoms with Gasteiger partial charge in [0.1, 0.15) is 23.9 Å². The third-order valence-electron chi connectivity index (χ3n) is 5.82. The average Bonchev–Trinajstić information content (AvgIpc) is 2.95. The molecule has 0 aliphatic carbocycles. The highest BCUT2D eigenvalue weighted by atomic mass is 79.9.